The zero-order valence-corrected chi connectivity index (χ0v) is 12.2. The largest absolute Gasteiger partial charge is 0.409 e. The fraction of sp³-hybridized carbons (Fsp3) is 0.462. The highest BCUT2D eigenvalue weighted by atomic mass is 32.2. The van der Waals surface area contributed by atoms with Crippen LogP contribution in [0.25, 0.3) is 0 Å². The number of benzene rings is 1. The van der Waals surface area contributed by atoms with Gasteiger partial charge in [0.2, 0.25) is 0 Å². The summed E-state index contributed by atoms with van der Waals surface area (Å²) >= 11 is 1.78. The minimum Gasteiger partial charge on any atom is -0.409 e. The molecule has 3 N–H and O–H groups in total. The summed E-state index contributed by atoms with van der Waals surface area (Å²) in [4.78, 5) is 2.15. The van der Waals surface area contributed by atoms with Crippen molar-refractivity contribution >= 4 is 17.6 Å². The van der Waals surface area contributed by atoms with Gasteiger partial charge in [-0.15, -0.1) is 0 Å². The molecule has 1 rings (SSSR count). The molecule has 0 aliphatic heterocycles. The van der Waals surface area contributed by atoms with Crippen LogP contribution in [0.3, 0.4) is 0 Å². The minimum atomic E-state index is -0.398. The van der Waals surface area contributed by atoms with E-state index in [1.807, 2.05) is 7.05 Å². The average molecular weight is 285 g/mol. The zero-order valence-electron chi connectivity index (χ0n) is 11.4. The van der Waals surface area contributed by atoms with Crippen LogP contribution >= 0.6 is 11.8 Å². The molecule has 0 spiro atoms. The van der Waals surface area contributed by atoms with Gasteiger partial charge >= 0.3 is 0 Å². The summed E-state index contributed by atoms with van der Waals surface area (Å²) in [5.41, 5.74) is 6.86. The van der Waals surface area contributed by atoms with E-state index >= 15 is 0 Å². The van der Waals surface area contributed by atoms with Crippen LogP contribution < -0.4 is 5.73 Å². The maximum atomic E-state index is 13.3. The van der Waals surface area contributed by atoms with Gasteiger partial charge in [0, 0.05) is 23.9 Å². The normalized spacial score (nSPS) is 13.8. The van der Waals surface area contributed by atoms with Crippen molar-refractivity contribution in [2.24, 2.45) is 10.9 Å². The first-order chi connectivity index (χ1) is 8.99. The number of amidine groups is 1. The van der Waals surface area contributed by atoms with Crippen molar-refractivity contribution in [2.45, 2.75) is 19.5 Å². The van der Waals surface area contributed by atoms with Gasteiger partial charge in [-0.1, -0.05) is 11.2 Å². The lowest BCUT2D eigenvalue weighted by molar-refractivity contribution is 0.269. The van der Waals surface area contributed by atoms with Crippen LogP contribution in [-0.4, -0.2) is 41.0 Å². The Hall–Kier alpha value is -1.27. The number of nitrogens with zero attached hydrogens (tertiary/aromatic N) is 2. The molecule has 4 nitrogen and oxygen atoms in total. The smallest absolute Gasteiger partial charge is 0.170 e. The standard InChI is InChI=1S/C13H20FN3OS/c1-9(8-19-3)17(2)7-10-4-5-11(14)6-12(10)13(15)16-18/h4-6,9,18H,7-8H2,1-3H3,(H2,15,16). The van der Waals surface area contributed by atoms with E-state index in [-0.39, 0.29) is 5.84 Å². The predicted octanol–water partition coefficient (Wildman–Crippen LogP) is 2.10. The van der Waals surface area contributed by atoms with Crippen molar-refractivity contribution in [1.29, 1.82) is 0 Å². The zero-order chi connectivity index (χ0) is 14.4. The molecule has 1 atom stereocenters. The van der Waals surface area contributed by atoms with Gasteiger partial charge in [0.25, 0.3) is 0 Å². The van der Waals surface area contributed by atoms with Gasteiger partial charge in [-0.05, 0) is 37.9 Å². The molecular formula is C13H20FN3OS. The molecule has 0 aliphatic rings. The summed E-state index contributed by atoms with van der Waals surface area (Å²) in [5.74, 6) is 0.543. The van der Waals surface area contributed by atoms with E-state index in [9.17, 15) is 4.39 Å². The van der Waals surface area contributed by atoms with Crippen LogP contribution in [0.4, 0.5) is 4.39 Å². The molecule has 0 saturated heterocycles. The van der Waals surface area contributed by atoms with E-state index in [0.717, 1.165) is 11.3 Å². The number of nitrogens with two attached hydrogens (primary N) is 1. The molecule has 1 aromatic rings. The van der Waals surface area contributed by atoms with Crippen molar-refractivity contribution < 1.29 is 9.60 Å². The number of thioether (sulfide) groups is 1. The van der Waals surface area contributed by atoms with E-state index in [1.54, 1.807) is 17.8 Å². The number of halogens is 1. The summed E-state index contributed by atoms with van der Waals surface area (Å²) in [6, 6.07) is 4.74. The lowest BCUT2D eigenvalue weighted by Crippen LogP contribution is -2.31. The summed E-state index contributed by atoms with van der Waals surface area (Å²) in [5, 5.41) is 11.7. The number of hydrogen-bond donors (Lipinski definition) is 2. The van der Waals surface area contributed by atoms with E-state index in [4.69, 9.17) is 10.9 Å². The second-order valence-electron chi connectivity index (χ2n) is 4.51. The lowest BCUT2D eigenvalue weighted by Gasteiger charge is -2.25. The minimum absolute atomic E-state index is 0.0691. The van der Waals surface area contributed by atoms with Gasteiger partial charge in [-0.2, -0.15) is 11.8 Å². The molecule has 0 amide bonds. The Kier molecular flexibility index (Phi) is 6.11. The van der Waals surface area contributed by atoms with Crippen molar-refractivity contribution in [1.82, 2.24) is 4.90 Å². The molecular weight excluding hydrogens is 265 g/mol. The summed E-state index contributed by atoms with van der Waals surface area (Å²) in [6.07, 6.45) is 2.06. The third kappa shape index (κ3) is 4.40. The first-order valence-electron chi connectivity index (χ1n) is 5.95. The Balaban J connectivity index is 2.94. The topological polar surface area (TPSA) is 61.8 Å². The maximum Gasteiger partial charge on any atom is 0.170 e. The van der Waals surface area contributed by atoms with Crippen LogP contribution in [0, 0.1) is 5.82 Å². The third-order valence-corrected chi connectivity index (χ3v) is 3.85. The number of hydrogen-bond acceptors (Lipinski definition) is 4. The fourth-order valence-electron chi connectivity index (χ4n) is 1.77. The molecule has 19 heavy (non-hydrogen) atoms. The molecule has 0 aromatic heterocycles. The number of rotatable bonds is 6. The third-order valence-electron chi connectivity index (χ3n) is 3.04. The Morgan fingerprint density at radius 1 is 1.58 bits per heavy atom. The Bertz CT molecular complexity index is 454. The Morgan fingerprint density at radius 3 is 2.84 bits per heavy atom. The van der Waals surface area contributed by atoms with Gasteiger partial charge in [0.15, 0.2) is 5.84 Å². The predicted molar refractivity (Wildman–Crippen MR) is 78.2 cm³/mol. The second kappa shape index (κ2) is 7.35. The molecule has 0 aliphatic carbocycles. The quantitative estimate of drug-likeness (QED) is 0.364. The SMILES string of the molecule is CSCC(C)N(C)Cc1ccc(F)cc1/C(N)=N/O. The molecule has 6 heteroatoms. The van der Waals surface area contributed by atoms with Crippen LogP contribution in [0.2, 0.25) is 0 Å². The van der Waals surface area contributed by atoms with Crippen molar-refractivity contribution in [3.05, 3.63) is 35.1 Å². The molecule has 0 bridgehead atoms. The van der Waals surface area contributed by atoms with E-state index in [0.29, 0.717) is 18.2 Å². The lowest BCUT2D eigenvalue weighted by atomic mass is 10.1. The molecule has 0 radical (unpaired) electrons. The molecule has 0 saturated carbocycles. The van der Waals surface area contributed by atoms with E-state index < -0.39 is 5.82 Å². The Morgan fingerprint density at radius 2 is 2.26 bits per heavy atom. The van der Waals surface area contributed by atoms with Gasteiger partial charge in [-0.3, -0.25) is 4.90 Å². The molecule has 106 valence electrons. The van der Waals surface area contributed by atoms with Gasteiger partial charge in [0.1, 0.15) is 5.82 Å². The highest BCUT2D eigenvalue weighted by Gasteiger charge is 2.14. The first-order valence-corrected chi connectivity index (χ1v) is 7.34. The maximum absolute atomic E-state index is 13.3. The van der Waals surface area contributed by atoms with E-state index in [1.165, 1.54) is 12.1 Å². The Labute approximate surface area is 117 Å². The first kappa shape index (κ1) is 15.8. The second-order valence-corrected chi connectivity index (χ2v) is 5.42. The van der Waals surface area contributed by atoms with Gasteiger partial charge in [-0.25, -0.2) is 4.39 Å². The summed E-state index contributed by atoms with van der Waals surface area (Å²) in [7, 11) is 2.00. The van der Waals surface area contributed by atoms with Crippen LogP contribution in [-0.2, 0) is 6.54 Å². The molecule has 0 fully saturated rings. The van der Waals surface area contributed by atoms with Crippen LogP contribution in [0.5, 0.6) is 0 Å². The van der Waals surface area contributed by atoms with Gasteiger partial charge in [0.05, 0.1) is 0 Å². The van der Waals surface area contributed by atoms with Crippen LogP contribution in [0.15, 0.2) is 23.4 Å². The molecule has 1 unspecified atom stereocenters. The number of oxime groups is 1. The van der Waals surface area contributed by atoms with Crippen molar-refractivity contribution in [3.8, 4) is 0 Å². The fourth-order valence-corrected chi connectivity index (χ4v) is 2.51. The summed E-state index contributed by atoms with van der Waals surface area (Å²) < 4.78 is 13.3. The molecule has 0 heterocycles. The molecule has 1 aromatic carbocycles. The van der Waals surface area contributed by atoms with Crippen LogP contribution in [0.1, 0.15) is 18.1 Å². The highest BCUT2D eigenvalue weighted by Crippen LogP contribution is 2.15. The highest BCUT2D eigenvalue weighted by molar-refractivity contribution is 7.98. The average Bonchev–Trinajstić information content (AvgIpc) is 2.40. The van der Waals surface area contributed by atoms with Crippen molar-refractivity contribution in [2.75, 3.05) is 19.1 Å². The van der Waals surface area contributed by atoms with Crippen molar-refractivity contribution in [3.63, 3.8) is 0 Å². The monoisotopic (exact) mass is 285 g/mol. The van der Waals surface area contributed by atoms with Gasteiger partial charge < -0.3 is 10.9 Å². The van der Waals surface area contributed by atoms with E-state index in [2.05, 4.69) is 23.2 Å². The summed E-state index contributed by atoms with van der Waals surface area (Å²) in [6.45, 7) is 2.75.